The molecule has 2 rings (SSSR count). The largest absolute Gasteiger partial charge is 0.481 e. The number of carbonyl (C=O) groups excluding carboxylic acids is 1. The molecule has 4 nitrogen and oxygen atoms in total. The molecular formula is C16H20BrNO3S. The highest BCUT2D eigenvalue weighted by molar-refractivity contribution is 9.10. The Morgan fingerprint density at radius 3 is 2.50 bits per heavy atom. The molecule has 0 bridgehead atoms. The normalized spacial score (nSPS) is 17.4. The molecule has 2 N–H and O–H groups in total. The molecule has 22 heavy (non-hydrogen) atoms. The Hall–Kier alpha value is -1.01. The second-order valence-corrected chi connectivity index (χ2v) is 8.23. The molecule has 0 heterocycles. The number of halogens is 1. The van der Waals surface area contributed by atoms with Gasteiger partial charge in [-0.15, -0.1) is 11.8 Å². The molecule has 6 heteroatoms. The summed E-state index contributed by atoms with van der Waals surface area (Å²) in [4.78, 5) is 24.4. The maximum atomic E-state index is 12.0. The van der Waals surface area contributed by atoms with Crippen molar-refractivity contribution < 1.29 is 14.7 Å². The molecule has 1 aliphatic carbocycles. The lowest BCUT2D eigenvalue weighted by Crippen LogP contribution is -2.43. The lowest BCUT2D eigenvalue weighted by atomic mass is 9.66. The Bertz CT molecular complexity index is 543. The number of rotatable bonds is 7. The average Bonchev–Trinajstić information content (AvgIpc) is 2.43. The highest BCUT2D eigenvalue weighted by Gasteiger charge is 2.45. The number of aliphatic carboxylic acids is 1. The molecule has 0 aliphatic heterocycles. The van der Waals surface area contributed by atoms with E-state index in [4.69, 9.17) is 0 Å². The van der Waals surface area contributed by atoms with Crippen molar-refractivity contribution in [1.29, 1.82) is 0 Å². The van der Waals surface area contributed by atoms with E-state index in [1.807, 2.05) is 31.2 Å². The van der Waals surface area contributed by atoms with Gasteiger partial charge in [0.1, 0.15) is 0 Å². The van der Waals surface area contributed by atoms with Gasteiger partial charge in [-0.1, -0.05) is 29.3 Å². The number of amides is 1. The fourth-order valence-electron chi connectivity index (χ4n) is 2.48. The van der Waals surface area contributed by atoms with Crippen LogP contribution in [0, 0.1) is 5.41 Å². The summed E-state index contributed by atoms with van der Waals surface area (Å²) in [6, 6.07) is 8.03. The van der Waals surface area contributed by atoms with Gasteiger partial charge in [0.05, 0.1) is 5.41 Å². The highest BCUT2D eigenvalue weighted by Crippen LogP contribution is 2.44. The third-order valence-corrected chi connectivity index (χ3v) is 5.64. The summed E-state index contributed by atoms with van der Waals surface area (Å²) in [6.45, 7) is 2.58. The fourth-order valence-corrected chi connectivity index (χ4v) is 3.67. The molecule has 1 aromatic carbocycles. The van der Waals surface area contributed by atoms with Gasteiger partial charge in [0.15, 0.2) is 0 Å². The summed E-state index contributed by atoms with van der Waals surface area (Å²) in [5, 5.41) is 12.3. The zero-order chi connectivity index (χ0) is 16.2. The first-order valence-corrected chi connectivity index (χ1v) is 9.01. The number of nitrogens with one attached hydrogen (secondary N) is 1. The summed E-state index contributed by atoms with van der Waals surface area (Å²) in [5.74, 6) is -1.00. The highest BCUT2D eigenvalue weighted by atomic mass is 79.9. The SMILES string of the molecule is CC(CNC(=O)CC1(C(=O)O)CCC1)Sc1ccc(Br)cc1. The van der Waals surface area contributed by atoms with Crippen LogP contribution in [0.4, 0.5) is 0 Å². The molecule has 1 amide bonds. The molecule has 1 aromatic rings. The van der Waals surface area contributed by atoms with Gasteiger partial charge in [-0.25, -0.2) is 0 Å². The van der Waals surface area contributed by atoms with Gasteiger partial charge < -0.3 is 10.4 Å². The zero-order valence-electron chi connectivity index (χ0n) is 12.5. The predicted octanol–water partition coefficient (Wildman–Crippen LogP) is 3.69. The van der Waals surface area contributed by atoms with Crippen LogP contribution in [-0.4, -0.2) is 28.8 Å². The van der Waals surface area contributed by atoms with Crippen LogP contribution in [0.5, 0.6) is 0 Å². The lowest BCUT2D eigenvalue weighted by molar-refractivity contribution is -0.157. The van der Waals surface area contributed by atoms with Gasteiger partial charge >= 0.3 is 5.97 Å². The molecule has 1 fully saturated rings. The van der Waals surface area contributed by atoms with E-state index in [1.165, 1.54) is 0 Å². The summed E-state index contributed by atoms with van der Waals surface area (Å²) in [6.07, 6.45) is 2.21. The smallest absolute Gasteiger partial charge is 0.310 e. The minimum absolute atomic E-state index is 0.0952. The minimum Gasteiger partial charge on any atom is -0.481 e. The maximum absolute atomic E-state index is 12.0. The van der Waals surface area contributed by atoms with E-state index in [0.717, 1.165) is 15.8 Å². The summed E-state index contributed by atoms with van der Waals surface area (Å²) >= 11 is 5.09. The van der Waals surface area contributed by atoms with Crippen molar-refractivity contribution in [1.82, 2.24) is 5.32 Å². The summed E-state index contributed by atoms with van der Waals surface area (Å²) in [5.41, 5.74) is -0.813. The Labute approximate surface area is 143 Å². The van der Waals surface area contributed by atoms with Gasteiger partial charge in [-0.05, 0) is 37.1 Å². The molecule has 0 spiro atoms. The second-order valence-electron chi connectivity index (χ2n) is 5.80. The molecular weight excluding hydrogens is 366 g/mol. The Morgan fingerprint density at radius 1 is 1.36 bits per heavy atom. The third kappa shape index (κ3) is 4.49. The van der Waals surface area contributed by atoms with E-state index in [0.29, 0.717) is 19.4 Å². The van der Waals surface area contributed by atoms with Gasteiger partial charge in [0, 0.05) is 27.6 Å². The van der Waals surface area contributed by atoms with Crippen LogP contribution in [0.15, 0.2) is 33.6 Å². The number of carboxylic acid groups (broad SMARTS) is 1. The van der Waals surface area contributed by atoms with Gasteiger partial charge in [-0.3, -0.25) is 9.59 Å². The molecule has 1 aliphatic rings. The van der Waals surface area contributed by atoms with E-state index >= 15 is 0 Å². The van der Waals surface area contributed by atoms with Crippen molar-refractivity contribution in [3.63, 3.8) is 0 Å². The van der Waals surface area contributed by atoms with Crippen LogP contribution in [0.25, 0.3) is 0 Å². The lowest BCUT2D eigenvalue weighted by Gasteiger charge is -2.37. The van der Waals surface area contributed by atoms with E-state index in [2.05, 4.69) is 21.2 Å². The maximum Gasteiger partial charge on any atom is 0.310 e. The van der Waals surface area contributed by atoms with Crippen molar-refractivity contribution in [2.24, 2.45) is 5.41 Å². The predicted molar refractivity (Wildman–Crippen MR) is 91.0 cm³/mol. The second kappa shape index (κ2) is 7.51. The van der Waals surface area contributed by atoms with Crippen LogP contribution < -0.4 is 5.32 Å². The van der Waals surface area contributed by atoms with E-state index in [1.54, 1.807) is 11.8 Å². The third-order valence-electron chi connectivity index (χ3n) is 4.00. The van der Waals surface area contributed by atoms with Crippen LogP contribution in [0.1, 0.15) is 32.6 Å². The average molecular weight is 386 g/mol. The number of carbonyl (C=O) groups is 2. The number of carboxylic acids is 1. The molecule has 120 valence electrons. The van der Waals surface area contributed by atoms with Gasteiger partial charge in [0.2, 0.25) is 5.91 Å². The number of benzene rings is 1. The van der Waals surface area contributed by atoms with E-state index in [-0.39, 0.29) is 17.6 Å². The van der Waals surface area contributed by atoms with Gasteiger partial charge in [-0.2, -0.15) is 0 Å². The quantitative estimate of drug-likeness (QED) is 0.702. The van der Waals surface area contributed by atoms with Crippen molar-refractivity contribution >= 4 is 39.6 Å². The minimum atomic E-state index is -0.841. The van der Waals surface area contributed by atoms with Crippen molar-refractivity contribution in [3.8, 4) is 0 Å². The van der Waals surface area contributed by atoms with Crippen LogP contribution >= 0.6 is 27.7 Å². The first-order valence-electron chi connectivity index (χ1n) is 7.34. The molecule has 0 radical (unpaired) electrons. The van der Waals surface area contributed by atoms with Crippen LogP contribution in [-0.2, 0) is 9.59 Å². The molecule has 1 unspecified atom stereocenters. The van der Waals surface area contributed by atoms with E-state index in [9.17, 15) is 14.7 Å². The fraction of sp³-hybridized carbons (Fsp3) is 0.500. The van der Waals surface area contributed by atoms with Crippen molar-refractivity contribution in [2.45, 2.75) is 42.8 Å². The zero-order valence-corrected chi connectivity index (χ0v) is 14.9. The first kappa shape index (κ1) is 17.3. The molecule has 0 saturated heterocycles. The monoisotopic (exact) mass is 385 g/mol. The Kier molecular flexibility index (Phi) is 5.92. The van der Waals surface area contributed by atoms with Crippen LogP contribution in [0.2, 0.25) is 0 Å². The van der Waals surface area contributed by atoms with Crippen molar-refractivity contribution in [3.05, 3.63) is 28.7 Å². The standard InChI is InChI=1S/C16H20BrNO3S/c1-11(22-13-5-3-12(17)4-6-13)10-18-14(19)9-16(15(20)21)7-2-8-16/h3-6,11H,2,7-10H2,1H3,(H,18,19)(H,20,21). The van der Waals surface area contributed by atoms with Crippen LogP contribution in [0.3, 0.4) is 0 Å². The first-order chi connectivity index (χ1) is 10.4. The number of thioether (sulfide) groups is 1. The number of hydrogen-bond acceptors (Lipinski definition) is 3. The van der Waals surface area contributed by atoms with Gasteiger partial charge in [0.25, 0.3) is 0 Å². The molecule has 0 aromatic heterocycles. The van der Waals surface area contributed by atoms with E-state index < -0.39 is 11.4 Å². The topological polar surface area (TPSA) is 66.4 Å². The number of hydrogen-bond donors (Lipinski definition) is 2. The van der Waals surface area contributed by atoms with Crippen molar-refractivity contribution in [2.75, 3.05) is 6.54 Å². The summed E-state index contributed by atoms with van der Waals surface area (Å²) in [7, 11) is 0. The Balaban J connectivity index is 1.76. The summed E-state index contributed by atoms with van der Waals surface area (Å²) < 4.78 is 1.04. The molecule has 1 saturated carbocycles. The Morgan fingerprint density at radius 2 is 2.00 bits per heavy atom. The molecule has 1 atom stereocenters.